The first-order chi connectivity index (χ1) is 28.2. The van der Waals surface area contributed by atoms with Gasteiger partial charge in [0, 0.05) is 70.5 Å². The number of benzene rings is 1. The molecule has 4 N–H and O–H groups in total. The molecule has 1 saturated carbocycles. The third-order valence-electron chi connectivity index (χ3n) is 11.5. The van der Waals surface area contributed by atoms with Gasteiger partial charge in [-0.1, -0.05) is 38.7 Å². The molecule has 3 aliphatic rings. The molecule has 1 amide bonds. The van der Waals surface area contributed by atoms with Crippen molar-refractivity contribution in [1.29, 1.82) is 0 Å². The molecule has 4 rings (SSSR count). The fourth-order valence-electron chi connectivity index (χ4n) is 7.72. The Kier molecular flexibility index (Phi) is 18.5. The zero-order valence-corrected chi connectivity index (χ0v) is 37.1. The van der Waals surface area contributed by atoms with Crippen LogP contribution in [0.2, 0.25) is 0 Å². The van der Waals surface area contributed by atoms with E-state index in [0.717, 1.165) is 50.6 Å². The van der Waals surface area contributed by atoms with E-state index in [2.05, 4.69) is 67.4 Å². The topological polar surface area (TPSA) is 134 Å². The number of amides is 1. The summed E-state index contributed by atoms with van der Waals surface area (Å²) in [6.45, 7) is 14.2. The minimum Gasteiger partial charge on any atom is -0.499 e. The molecule has 12 nitrogen and oxygen atoms in total. The van der Waals surface area contributed by atoms with E-state index in [0.29, 0.717) is 72.7 Å². The van der Waals surface area contributed by atoms with Gasteiger partial charge in [-0.05, 0) is 106 Å². The second-order valence-corrected chi connectivity index (χ2v) is 16.6. The Bertz CT molecular complexity index is 1710. The minimum absolute atomic E-state index is 0.150. The maximum Gasteiger partial charge on any atom is 0.253 e. The first kappa shape index (κ1) is 47.4. The van der Waals surface area contributed by atoms with Crippen molar-refractivity contribution in [2.45, 2.75) is 104 Å². The molecule has 0 radical (unpaired) electrons. The molecule has 328 valence electrons. The Morgan fingerprint density at radius 3 is 2.46 bits per heavy atom. The number of likely N-dealkylation sites (N-methyl/N-ethyl adjacent to an activating group) is 1. The van der Waals surface area contributed by atoms with Crippen LogP contribution in [-0.4, -0.2) is 114 Å². The number of nitrogens with zero attached hydrogens (tertiary/aromatic N) is 2. The number of methoxy groups -OCH3 is 3. The van der Waals surface area contributed by atoms with E-state index in [9.17, 15) is 15.0 Å². The van der Waals surface area contributed by atoms with Crippen molar-refractivity contribution in [2.24, 2.45) is 11.3 Å². The van der Waals surface area contributed by atoms with Crippen molar-refractivity contribution in [3.63, 3.8) is 0 Å². The van der Waals surface area contributed by atoms with Gasteiger partial charge in [-0.2, -0.15) is 0 Å². The molecule has 1 aromatic carbocycles. The normalized spacial score (nSPS) is 20.2. The van der Waals surface area contributed by atoms with E-state index < -0.39 is 12.3 Å². The molecule has 0 bridgehead atoms. The summed E-state index contributed by atoms with van der Waals surface area (Å²) in [7, 11) is 8.75. The van der Waals surface area contributed by atoms with Crippen LogP contribution < -0.4 is 25.0 Å². The number of aliphatic hydroxyl groups excluding tert-OH is 2. The van der Waals surface area contributed by atoms with Gasteiger partial charge in [0.05, 0.1) is 44.3 Å². The lowest BCUT2D eigenvalue weighted by atomic mass is 9.94. The maximum absolute atomic E-state index is 13.5. The van der Waals surface area contributed by atoms with E-state index >= 15 is 0 Å². The van der Waals surface area contributed by atoms with Crippen molar-refractivity contribution in [2.75, 3.05) is 73.2 Å². The second-order valence-electron chi connectivity index (χ2n) is 16.6. The van der Waals surface area contributed by atoms with Crippen LogP contribution in [0.5, 0.6) is 11.5 Å². The standard InChI is InChI=1S/C47H72N4O8/c1-11-42(48-28-37-23-36(29-50(37)6)35-15-14-16-38(55-8)18-17-35)40(33(4)52)24-39(56-9)30-58-21-12-13-22-59-45-26-43(51(7)34(5)53)41(25-44(45)57-10)46(54)49-31-47(19-20-47)27-32(2)3/h11,15,17-18,24-26,29,32-34,37-38,48,52-53H,1,12-14,16,19-23,27-28,30-31H2,2-10H3,(H,49,54)/b39-24+,42-40-. The minimum atomic E-state index is -0.823. The second kappa shape index (κ2) is 23.0. The van der Waals surface area contributed by atoms with Crippen LogP contribution in [0.25, 0.3) is 0 Å². The van der Waals surface area contributed by atoms with Gasteiger partial charge in [0.25, 0.3) is 5.91 Å². The van der Waals surface area contributed by atoms with Crippen LogP contribution in [0.1, 0.15) is 89.4 Å². The van der Waals surface area contributed by atoms with E-state index in [1.54, 1.807) is 65.3 Å². The Hall–Kier alpha value is -4.23. The van der Waals surface area contributed by atoms with Crippen LogP contribution in [-0.2, 0) is 14.2 Å². The molecule has 0 spiro atoms. The number of aliphatic hydroxyl groups is 2. The summed E-state index contributed by atoms with van der Waals surface area (Å²) in [5.74, 6) is 1.89. The van der Waals surface area contributed by atoms with Gasteiger partial charge in [-0.25, -0.2) is 0 Å². The third-order valence-corrected chi connectivity index (χ3v) is 11.5. The van der Waals surface area contributed by atoms with Gasteiger partial charge in [-0.15, -0.1) is 0 Å². The number of allylic oxidation sites excluding steroid dienone is 4. The number of anilines is 1. The highest BCUT2D eigenvalue weighted by atomic mass is 16.5. The number of carbonyl (C=O) groups excluding carboxylic acids is 1. The molecule has 0 aromatic heterocycles. The van der Waals surface area contributed by atoms with Gasteiger partial charge < -0.3 is 54.3 Å². The Morgan fingerprint density at radius 2 is 1.83 bits per heavy atom. The van der Waals surface area contributed by atoms with Crippen LogP contribution in [0.15, 0.2) is 83.5 Å². The maximum atomic E-state index is 13.5. The first-order valence-electron chi connectivity index (χ1n) is 21.2. The number of hydrogen-bond donors (Lipinski definition) is 4. The Balaban J connectivity index is 1.29. The highest BCUT2D eigenvalue weighted by Crippen LogP contribution is 2.50. The number of unbranched alkanes of at least 4 members (excludes halogenated alkanes) is 1. The summed E-state index contributed by atoms with van der Waals surface area (Å²) in [6.07, 6.45) is 18.6. The molecule has 4 atom stereocenters. The number of ether oxygens (including phenoxy) is 5. The average molecular weight is 821 g/mol. The largest absolute Gasteiger partial charge is 0.499 e. The summed E-state index contributed by atoms with van der Waals surface area (Å²) in [5, 5.41) is 27.9. The van der Waals surface area contributed by atoms with Crippen LogP contribution >= 0.6 is 0 Å². The smallest absolute Gasteiger partial charge is 0.253 e. The van der Waals surface area contributed by atoms with Crippen LogP contribution in [0.4, 0.5) is 5.69 Å². The molecule has 12 heteroatoms. The number of nitrogens with one attached hydrogen (secondary N) is 2. The van der Waals surface area contributed by atoms with Gasteiger partial charge in [-0.3, -0.25) is 4.79 Å². The molecule has 1 aliphatic heterocycles. The van der Waals surface area contributed by atoms with Gasteiger partial charge in [0.1, 0.15) is 18.6 Å². The zero-order valence-electron chi connectivity index (χ0n) is 37.1. The fourth-order valence-corrected chi connectivity index (χ4v) is 7.72. The summed E-state index contributed by atoms with van der Waals surface area (Å²) < 4.78 is 29.0. The Labute approximate surface area is 353 Å². The molecule has 0 saturated heterocycles. The van der Waals surface area contributed by atoms with Crippen molar-refractivity contribution in [3.8, 4) is 11.5 Å². The van der Waals surface area contributed by atoms with Crippen molar-refractivity contribution in [1.82, 2.24) is 15.5 Å². The highest BCUT2D eigenvalue weighted by molar-refractivity contribution is 6.01. The van der Waals surface area contributed by atoms with Gasteiger partial charge in [0.2, 0.25) is 0 Å². The summed E-state index contributed by atoms with van der Waals surface area (Å²) >= 11 is 0. The van der Waals surface area contributed by atoms with Crippen molar-refractivity contribution in [3.05, 3.63) is 89.0 Å². The first-order valence-corrected chi connectivity index (χ1v) is 21.2. The lowest BCUT2D eigenvalue weighted by Gasteiger charge is -2.27. The zero-order chi connectivity index (χ0) is 43.1. The fraction of sp³-hybridized carbons (Fsp3) is 0.596. The predicted molar refractivity (Wildman–Crippen MR) is 236 cm³/mol. The molecule has 1 aromatic rings. The van der Waals surface area contributed by atoms with Gasteiger partial charge in [0.15, 0.2) is 11.5 Å². The monoisotopic (exact) mass is 821 g/mol. The Morgan fingerprint density at radius 1 is 1.08 bits per heavy atom. The van der Waals surface area contributed by atoms with E-state index in [1.165, 1.54) is 11.1 Å². The number of carbonyl (C=O) groups is 1. The number of hydrogen-bond acceptors (Lipinski definition) is 11. The lowest BCUT2D eigenvalue weighted by Crippen LogP contribution is -2.34. The molecule has 1 fully saturated rings. The number of rotatable bonds is 25. The summed E-state index contributed by atoms with van der Waals surface area (Å²) in [5.41, 5.74) is 5.13. The third kappa shape index (κ3) is 13.9. The SMILES string of the molecule is C=C/C(NCC1CC(C2=CCCC(OC)C=C2)=CN1C)=C(\C=C(/COCCCCOc1cc(N(C)C(C)O)c(C(=O)NCC2(CC(C)C)CC2)cc1OC)OC)C(C)O. The quantitative estimate of drug-likeness (QED) is 0.0351. The van der Waals surface area contributed by atoms with Crippen molar-refractivity contribution < 1.29 is 38.7 Å². The lowest BCUT2D eigenvalue weighted by molar-refractivity contribution is 0.0941. The van der Waals surface area contributed by atoms with Crippen LogP contribution in [0, 0.1) is 11.3 Å². The molecular formula is C47H72N4O8. The van der Waals surface area contributed by atoms with E-state index in [4.69, 9.17) is 23.7 Å². The molecule has 1 heterocycles. The predicted octanol–water partition coefficient (Wildman–Crippen LogP) is 7.02. The molecule has 2 aliphatic carbocycles. The molecular weight excluding hydrogens is 749 g/mol. The van der Waals surface area contributed by atoms with E-state index in [1.807, 2.05) is 6.08 Å². The van der Waals surface area contributed by atoms with Crippen molar-refractivity contribution >= 4 is 11.6 Å². The summed E-state index contributed by atoms with van der Waals surface area (Å²) in [6, 6.07) is 3.69. The highest BCUT2D eigenvalue weighted by Gasteiger charge is 2.43. The van der Waals surface area contributed by atoms with Gasteiger partial charge >= 0.3 is 0 Å². The summed E-state index contributed by atoms with van der Waals surface area (Å²) in [4.78, 5) is 17.4. The molecule has 4 unspecified atom stereocenters. The van der Waals surface area contributed by atoms with Crippen LogP contribution in [0.3, 0.4) is 0 Å². The average Bonchev–Trinajstić information content (AvgIpc) is 3.94. The van der Waals surface area contributed by atoms with E-state index in [-0.39, 0.29) is 30.1 Å². The molecule has 59 heavy (non-hydrogen) atoms.